The van der Waals surface area contributed by atoms with Crippen molar-refractivity contribution in [2.24, 2.45) is 21.5 Å². The SMILES string of the molecule is CC(NS(=O)(=O)c1ccc(N2C(N)=NC(N)=NC23CCCCC3)cc1)c1ccccc1. The number of hydrogen-bond donors (Lipinski definition) is 3. The largest absolute Gasteiger partial charge is 0.369 e. The van der Waals surface area contributed by atoms with Gasteiger partial charge in [-0.3, -0.25) is 4.90 Å². The van der Waals surface area contributed by atoms with E-state index >= 15 is 0 Å². The van der Waals surface area contributed by atoms with Crippen LogP contribution in [0.1, 0.15) is 50.6 Å². The lowest BCUT2D eigenvalue weighted by atomic mass is 9.87. The Morgan fingerprint density at radius 3 is 2.29 bits per heavy atom. The number of nitrogens with zero attached hydrogens (tertiary/aromatic N) is 3. The summed E-state index contributed by atoms with van der Waals surface area (Å²) in [5.41, 5.74) is 13.2. The summed E-state index contributed by atoms with van der Waals surface area (Å²) in [6.45, 7) is 1.82. The number of sulfonamides is 1. The van der Waals surface area contributed by atoms with E-state index in [2.05, 4.69) is 14.7 Å². The molecular weight excluding hydrogens is 412 g/mol. The molecule has 1 aliphatic carbocycles. The predicted molar refractivity (Wildman–Crippen MR) is 123 cm³/mol. The maximum absolute atomic E-state index is 12.9. The maximum Gasteiger partial charge on any atom is 0.241 e. The van der Waals surface area contributed by atoms with Crippen LogP contribution in [0.4, 0.5) is 5.69 Å². The molecule has 9 heteroatoms. The van der Waals surface area contributed by atoms with Gasteiger partial charge in [-0.25, -0.2) is 18.1 Å². The van der Waals surface area contributed by atoms with Gasteiger partial charge in [-0.2, -0.15) is 4.99 Å². The van der Waals surface area contributed by atoms with Gasteiger partial charge in [0.05, 0.1) is 4.90 Å². The number of anilines is 1. The lowest BCUT2D eigenvalue weighted by Crippen LogP contribution is -2.58. The van der Waals surface area contributed by atoms with Gasteiger partial charge >= 0.3 is 0 Å². The zero-order valence-electron chi connectivity index (χ0n) is 17.5. The third-order valence-corrected chi connectivity index (χ3v) is 7.44. The zero-order valence-corrected chi connectivity index (χ0v) is 18.3. The summed E-state index contributed by atoms with van der Waals surface area (Å²) in [6, 6.07) is 15.8. The topological polar surface area (TPSA) is 126 Å². The minimum absolute atomic E-state index is 0.187. The molecule has 0 amide bonds. The predicted octanol–water partition coefficient (Wildman–Crippen LogP) is 2.84. The fourth-order valence-corrected chi connectivity index (χ4v) is 5.61. The highest BCUT2D eigenvalue weighted by Gasteiger charge is 2.42. The van der Waals surface area contributed by atoms with Crippen molar-refractivity contribution in [3.05, 3.63) is 60.2 Å². The highest BCUT2D eigenvalue weighted by atomic mass is 32.2. The molecule has 164 valence electrons. The molecule has 5 N–H and O–H groups in total. The van der Waals surface area contributed by atoms with Gasteiger partial charge in [0.2, 0.25) is 21.9 Å². The van der Waals surface area contributed by atoms with Crippen LogP contribution in [-0.4, -0.2) is 26.0 Å². The summed E-state index contributed by atoms with van der Waals surface area (Å²) in [5.74, 6) is 0.467. The number of rotatable bonds is 5. The van der Waals surface area contributed by atoms with Crippen LogP contribution in [0.25, 0.3) is 0 Å². The Morgan fingerprint density at radius 1 is 1.00 bits per heavy atom. The molecule has 1 fully saturated rings. The third-order valence-electron chi connectivity index (χ3n) is 5.89. The average molecular weight is 441 g/mol. The van der Waals surface area contributed by atoms with E-state index in [9.17, 15) is 8.42 Å². The smallest absolute Gasteiger partial charge is 0.241 e. The summed E-state index contributed by atoms with van der Waals surface area (Å²) in [6.07, 6.45) is 4.83. The maximum atomic E-state index is 12.9. The number of hydrogen-bond acceptors (Lipinski definition) is 7. The van der Waals surface area contributed by atoms with Crippen molar-refractivity contribution in [2.45, 2.75) is 55.6 Å². The molecule has 1 saturated carbocycles. The average Bonchev–Trinajstić information content (AvgIpc) is 2.74. The van der Waals surface area contributed by atoms with E-state index in [1.54, 1.807) is 24.3 Å². The molecule has 31 heavy (non-hydrogen) atoms. The van der Waals surface area contributed by atoms with Gasteiger partial charge in [-0.15, -0.1) is 0 Å². The normalized spacial score (nSPS) is 19.6. The van der Waals surface area contributed by atoms with Gasteiger partial charge in [0.15, 0.2) is 0 Å². The van der Waals surface area contributed by atoms with Crippen molar-refractivity contribution in [3.63, 3.8) is 0 Å². The molecule has 8 nitrogen and oxygen atoms in total. The standard InChI is InChI=1S/C22H28N6O2S/c1-16(17-8-4-2-5-9-17)27-31(29,30)19-12-10-18(11-13-19)28-21(24)25-20(23)26-22(28)14-6-3-7-15-22/h2,4-5,8-13,16,27H,3,6-7,14-15H2,1H3,(H4,23,24,25,26). The van der Waals surface area contributed by atoms with Gasteiger partial charge in [0.1, 0.15) is 5.66 Å². The minimum Gasteiger partial charge on any atom is -0.369 e. The monoisotopic (exact) mass is 440 g/mol. The minimum atomic E-state index is -3.69. The lowest BCUT2D eigenvalue weighted by Gasteiger charge is -2.45. The van der Waals surface area contributed by atoms with E-state index in [1.165, 1.54) is 0 Å². The van der Waals surface area contributed by atoms with Gasteiger partial charge in [-0.05, 0) is 62.4 Å². The summed E-state index contributed by atoms with van der Waals surface area (Å²) < 4.78 is 28.5. The van der Waals surface area contributed by atoms with E-state index in [0.717, 1.165) is 43.4 Å². The number of aliphatic imine (C=N–C) groups is 2. The van der Waals surface area contributed by atoms with E-state index in [-0.39, 0.29) is 22.9 Å². The first-order chi connectivity index (χ1) is 14.8. The fourth-order valence-electron chi connectivity index (χ4n) is 4.38. The summed E-state index contributed by atoms with van der Waals surface area (Å²) >= 11 is 0. The Bertz CT molecular complexity index is 1090. The van der Waals surface area contributed by atoms with Gasteiger partial charge in [0, 0.05) is 11.7 Å². The van der Waals surface area contributed by atoms with E-state index in [1.807, 2.05) is 42.2 Å². The Morgan fingerprint density at radius 2 is 1.65 bits per heavy atom. The second-order valence-electron chi connectivity index (χ2n) is 8.07. The molecule has 2 aromatic rings. The Hall–Kier alpha value is -2.91. The molecular formula is C22H28N6O2S. The van der Waals surface area contributed by atoms with Crippen molar-refractivity contribution in [1.82, 2.24) is 4.72 Å². The van der Waals surface area contributed by atoms with E-state index in [0.29, 0.717) is 0 Å². The summed E-state index contributed by atoms with van der Waals surface area (Å²) in [5, 5.41) is 0. The Balaban J connectivity index is 1.59. The molecule has 1 aliphatic heterocycles. The van der Waals surface area contributed by atoms with Crippen molar-refractivity contribution >= 4 is 27.6 Å². The molecule has 1 spiro atoms. The van der Waals surface area contributed by atoms with Crippen molar-refractivity contribution < 1.29 is 8.42 Å². The molecule has 4 rings (SSSR count). The van der Waals surface area contributed by atoms with Crippen LogP contribution in [0.3, 0.4) is 0 Å². The summed E-state index contributed by atoms with van der Waals surface area (Å²) in [4.78, 5) is 10.9. The van der Waals surface area contributed by atoms with Gasteiger partial charge in [-0.1, -0.05) is 36.8 Å². The van der Waals surface area contributed by atoms with Crippen LogP contribution >= 0.6 is 0 Å². The number of nitrogens with two attached hydrogens (primary N) is 2. The molecule has 1 unspecified atom stereocenters. The van der Waals surface area contributed by atoms with Gasteiger partial charge < -0.3 is 11.5 Å². The van der Waals surface area contributed by atoms with Crippen LogP contribution in [0.2, 0.25) is 0 Å². The third kappa shape index (κ3) is 4.28. The zero-order chi connectivity index (χ0) is 22.1. The van der Waals surface area contributed by atoms with Crippen LogP contribution in [0.15, 0.2) is 69.5 Å². The number of guanidine groups is 2. The first kappa shape index (κ1) is 21.3. The van der Waals surface area contributed by atoms with Crippen molar-refractivity contribution in [1.29, 1.82) is 0 Å². The molecule has 0 aromatic heterocycles. The molecule has 0 saturated heterocycles. The first-order valence-electron chi connectivity index (χ1n) is 10.5. The molecule has 2 aromatic carbocycles. The molecule has 0 bridgehead atoms. The molecule has 0 radical (unpaired) electrons. The molecule has 1 atom stereocenters. The van der Waals surface area contributed by atoms with E-state index < -0.39 is 15.7 Å². The number of benzene rings is 2. The molecule has 1 heterocycles. The second kappa shape index (κ2) is 8.32. The van der Waals surface area contributed by atoms with Gasteiger partial charge in [0.25, 0.3) is 0 Å². The van der Waals surface area contributed by atoms with Crippen molar-refractivity contribution in [3.8, 4) is 0 Å². The van der Waals surface area contributed by atoms with Crippen LogP contribution in [-0.2, 0) is 10.0 Å². The Labute approximate surface area is 183 Å². The van der Waals surface area contributed by atoms with Crippen LogP contribution < -0.4 is 21.1 Å². The number of nitrogens with one attached hydrogen (secondary N) is 1. The van der Waals surface area contributed by atoms with Crippen LogP contribution in [0, 0.1) is 0 Å². The fraction of sp³-hybridized carbons (Fsp3) is 0.364. The highest BCUT2D eigenvalue weighted by molar-refractivity contribution is 7.89. The summed E-state index contributed by atoms with van der Waals surface area (Å²) in [7, 11) is -3.69. The lowest BCUT2D eigenvalue weighted by molar-refractivity contribution is 0.305. The first-order valence-corrected chi connectivity index (χ1v) is 12.0. The van der Waals surface area contributed by atoms with Crippen LogP contribution in [0.5, 0.6) is 0 Å². The highest BCUT2D eigenvalue weighted by Crippen LogP contribution is 2.39. The quantitative estimate of drug-likeness (QED) is 0.659. The van der Waals surface area contributed by atoms with Crippen molar-refractivity contribution in [2.75, 3.05) is 4.90 Å². The molecule has 2 aliphatic rings. The second-order valence-corrected chi connectivity index (χ2v) is 9.78. The Kier molecular flexibility index (Phi) is 5.72. The van der Waals surface area contributed by atoms with E-state index in [4.69, 9.17) is 11.5 Å².